The van der Waals surface area contributed by atoms with Crippen LogP contribution in [0.3, 0.4) is 0 Å². The van der Waals surface area contributed by atoms with Crippen LogP contribution < -0.4 is 4.74 Å². The van der Waals surface area contributed by atoms with Crippen LogP contribution in [0.4, 0.5) is 0 Å². The number of halogens is 1. The first-order valence-corrected chi connectivity index (χ1v) is 5.85. The van der Waals surface area contributed by atoms with E-state index in [4.69, 9.17) is 4.74 Å². The molecule has 86 valence electrons. The zero-order valence-corrected chi connectivity index (χ0v) is 10.8. The lowest BCUT2D eigenvalue weighted by molar-refractivity contribution is 0.101. The largest absolute Gasteiger partial charge is 0.438 e. The van der Waals surface area contributed by atoms with E-state index in [-0.39, 0.29) is 5.78 Å². The number of carbonyl (C=O) groups is 1. The van der Waals surface area contributed by atoms with Crippen molar-refractivity contribution in [3.63, 3.8) is 0 Å². The highest BCUT2D eigenvalue weighted by atomic mass is 79.9. The molecule has 0 aliphatic heterocycles. The Morgan fingerprint density at radius 1 is 1.24 bits per heavy atom. The number of pyridine rings is 1. The van der Waals surface area contributed by atoms with Gasteiger partial charge in [-0.05, 0) is 43.3 Å². The molecule has 0 saturated carbocycles. The molecule has 0 atom stereocenters. The molecule has 0 radical (unpaired) electrons. The van der Waals surface area contributed by atoms with E-state index in [0.29, 0.717) is 17.2 Å². The summed E-state index contributed by atoms with van der Waals surface area (Å²) in [6, 6.07) is 10.8. The van der Waals surface area contributed by atoms with Gasteiger partial charge in [0.15, 0.2) is 5.78 Å². The summed E-state index contributed by atoms with van der Waals surface area (Å²) in [7, 11) is 0. The number of Topliss-reactive ketones (excluding diaryl/α,β-unsaturated/α-hetero) is 1. The van der Waals surface area contributed by atoms with E-state index in [1.165, 1.54) is 6.92 Å². The van der Waals surface area contributed by atoms with Gasteiger partial charge in [-0.25, -0.2) is 4.98 Å². The molecular formula is C13H10BrNO2. The molecule has 0 aliphatic carbocycles. The summed E-state index contributed by atoms with van der Waals surface area (Å²) >= 11 is 3.34. The standard InChI is InChI=1S/C13H10BrNO2/c1-9(16)12-3-2-8-15-13(12)17-11-6-4-10(14)5-7-11/h2-8H,1H3. The Balaban J connectivity index is 2.30. The lowest BCUT2D eigenvalue weighted by Crippen LogP contribution is -1.98. The Kier molecular flexibility index (Phi) is 3.54. The summed E-state index contributed by atoms with van der Waals surface area (Å²) in [5.41, 5.74) is 0.482. The molecule has 1 aromatic heterocycles. The first-order valence-electron chi connectivity index (χ1n) is 5.06. The maximum absolute atomic E-state index is 11.4. The smallest absolute Gasteiger partial charge is 0.230 e. The SMILES string of the molecule is CC(=O)c1cccnc1Oc1ccc(Br)cc1. The van der Waals surface area contributed by atoms with Crippen LogP contribution in [0.1, 0.15) is 17.3 Å². The minimum absolute atomic E-state index is 0.0646. The molecule has 0 saturated heterocycles. The number of ether oxygens (including phenoxy) is 1. The summed E-state index contributed by atoms with van der Waals surface area (Å²) in [4.78, 5) is 15.4. The Hall–Kier alpha value is -1.68. The quantitative estimate of drug-likeness (QED) is 0.807. The molecule has 2 aromatic rings. The van der Waals surface area contributed by atoms with E-state index in [9.17, 15) is 4.79 Å². The Bertz CT molecular complexity index is 537. The van der Waals surface area contributed by atoms with E-state index in [1.54, 1.807) is 18.3 Å². The second kappa shape index (κ2) is 5.10. The van der Waals surface area contributed by atoms with Crippen LogP contribution in [0.25, 0.3) is 0 Å². The molecule has 0 spiro atoms. The summed E-state index contributed by atoms with van der Waals surface area (Å²) in [5, 5.41) is 0. The molecule has 1 heterocycles. The van der Waals surface area contributed by atoms with Gasteiger partial charge in [0, 0.05) is 10.7 Å². The zero-order valence-electron chi connectivity index (χ0n) is 9.18. The highest BCUT2D eigenvalue weighted by molar-refractivity contribution is 9.10. The molecular weight excluding hydrogens is 282 g/mol. The summed E-state index contributed by atoms with van der Waals surface area (Å²) in [6.07, 6.45) is 1.60. The first kappa shape index (κ1) is 11.8. The van der Waals surface area contributed by atoms with Gasteiger partial charge in [0.2, 0.25) is 5.88 Å². The second-order valence-electron chi connectivity index (χ2n) is 3.47. The molecule has 17 heavy (non-hydrogen) atoms. The van der Waals surface area contributed by atoms with E-state index in [2.05, 4.69) is 20.9 Å². The highest BCUT2D eigenvalue weighted by Gasteiger charge is 2.09. The van der Waals surface area contributed by atoms with Gasteiger partial charge in [-0.15, -0.1) is 0 Å². The highest BCUT2D eigenvalue weighted by Crippen LogP contribution is 2.24. The van der Waals surface area contributed by atoms with Gasteiger partial charge in [-0.3, -0.25) is 4.79 Å². The molecule has 0 N–H and O–H groups in total. The van der Waals surface area contributed by atoms with Crippen molar-refractivity contribution in [2.75, 3.05) is 0 Å². The van der Waals surface area contributed by atoms with Crippen molar-refractivity contribution in [2.45, 2.75) is 6.92 Å². The van der Waals surface area contributed by atoms with Crippen molar-refractivity contribution >= 4 is 21.7 Å². The maximum atomic E-state index is 11.4. The van der Waals surface area contributed by atoms with Gasteiger partial charge in [-0.2, -0.15) is 0 Å². The fraction of sp³-hybridized carbons (Fsp3) is 0.0769. The Morgan fingerprint density at radius 3 is 2.59 bits per heavy atom. The third kappa shape index (κ3) is 2.91. The van der Waals surface area contributed by atoms with Crippen molar-refractivity contribution in [1.82, 2.24) is 4.98 Å². The monoisotopic (exact) mass is 291 g/mol. The Labute approximate surface area is 108 Å². The minimum atomic E-state index is -0.0646. The van der Waals surface area contributed by atoms with E-state index in [1.807, 2.05) is 24.3 Å². The molecule has 1 aromatic carbocycles. The molecule has 0 bridgehead atoms. The summed E-state index contributed by atoms with van der Waals surface area (Å²) in [6.45, 7) is 1.49. The van der Waals surface area contributed by atoms with Crippen molar-refractivity contribution in [3.05, 3.63) is 52.6 Å². The van der Waals surface area contributed by atoms with Crippen LogP contribution >= 0.6 is 15.9 Å². The van der Waals surface area contributed by atoms with Crippen LogP contribution in [-0.4, -0.2) is 10.8 Å². The normalized spacial score (nSPS) is 10.0. The maximum Gasteiger partial charge on any atom is 0.230 e. The molecule has 0 unspecified atom stereocenters. The lowest BCUT2D eigenvalue weighted by atomic mass is 10.2. The third-order valence-electron chi connectivity index (χ3n) is 2.18. The number of benzene rings is 1. The number of rotatable bonds is 3. The first-order chi connectivity index (χ1) is 8.16. The van der Waals surface area contributed by atoms with E-state index < -0.39 is 0 Å². The molecule has 3 nitrogen and oxygen atoms in total. The van der Waals surface area contributed by atoms with E-state index in [0.717, 1.165) is 4.47 Å². The topological polar surface area (TPSA) is 39.2 Å². The van der Waals surface area contributed by atoms with Gasteiger partial charge in [0.05, 0.1) is 5.56 Å². The fourth-order valence-electron chi connectivity index (χ4n) is 1.35. The minimum Gasteiger partial charge on any atom is -0.438 e. The fourth-order valence-corrected chi connectivity index (χ4v) is 1.62. The number of ketones is 1. The van der Waals surface area contributed by atoms with Crippen LogP contribution in [0.2, 0.25) is 0 Å². The third-order valence-corrected chi connectivity index (χ3v) is 2.71. The van der Waals surface area contributed by atoms with Crippen molar-refractivity contribution in [3.8, 4) is 11.6 Å². The molecule has 0 aliphatic rings. The summed E-state index contributed by atoms with van der Waals surface area (Å²) in [5.74, 6) is 0.918. The van der Waals surface area contributed by atoms with Crippen molar-refractivity contribution < 1.29 is 9.53 Å². The van der Waals surface area contributed by atoms with Crippen LogP contribution in [0.5, 0.6) is 11.6 Å². The van der Waals surface area contributed by atoms with Gasteiger partial charge in [-0.1, -0.05) is 15.9 Å². The van der Waals surface area contributed by atoms with Crippen LogP contribution in [0.15, 0.2) is 47.1 Å². The van der Waals surface area contributed by atoms with Crippen LogP contribution in [-0.2, 0) is 0 Å². The Morgan fingerprint density at radius 2 is 1.94 bits per heavy atom. The van der Waals surface area contributed by atoms with Gasteiger partial charge < -0.3 is 4.74 Å². The average molecular weight is 292 g/mol. The summed E-state index contributed by atoms with van der Waals surface area (Å²) < 4.78 is 6.54. The van der Waals surface area contributed by atoms with Gasteiger partial charge in [0.1, 0.15) is 5.75 Å². The van der Waals surface area contributed by atoms with Crippen LogP contribution in [0, 0.1) is 0 Å². The average Bonchev–Trinajstić information content (AvgIpc) is 2.32. The number of carbonyl (C=O) groups excluding carboxylic acids is 1. The van der Waals surface area contributed by atoms with Gasteiger partial charge >= 0.3 is 0 Å². The van der Waals surface area contributed by atoms with E-state index >= 15 is 0 Å². The molecule has 0 fully saturated rings. The molecule has 0 amide bonds. The number of hydrogen-bond donors (Lipinski definition) is 0. The van der Waals surface area contributed by atoms with Crippen molar-refractivity contribution in [1.29, 1.82) is 0 Å². The molecule has 2 rings (SSSR count). The number of nitrogens with zero attached hydrogens (tertiary/aromatic N) is 1. The lowest BCUT2D eigenvalue weighted by Gasteiger charge is -2.07. The second-order valence-corrected chi connectivity index (χ2v) is 4.38. The van der Waals surface area contributed by atoms with Crippen molar-refractivity contribution in [2.24, 2.45) is 0 Å². The molecule has 4 heteroatoms. The zero-order chi connectivity index (χ0) is 12.3. The number of hydrogen-bond acceptors (Lipinski definition) is 3. The predicted octanol–water partition coefficient (Wildman–Crippen LogP) is 3.84. The van der Waals surface area contributed by atoms with Gasteiger partial charge in [0.25, 0.3) is 0 Å². The predicted molar refractivity (Wildman–Crippen MR) is 68.5 cm³/mol. The number of aromatic nitrogens is 1.